The number of rotatable bonds is 8. The van der Waals surface area contributed by atoms with Crippen molar-refractivity contribution in [2.45, 2.75) is 20.0 Å². The molecule has 1 N–H and O–H groups in total. The van der Waals surface area contributed by atoms with Crippen molar-refractivity contribution in [2.24, 2.45) is 0 Å². The fourth-order valence-corrected chi connectivity index (χ4v) is 1.91. The maximum absolute atomic E-state index is 5.61. The quantitative estimate of drug-likeness (QED) is 0.804. The standard InChI is InChI=1S/C15H21N3O2/c1-3-20-15-7-5-4-6-13(15)10-16-14-11-17-18(12-14)8-9-19-2/h4-7,11-12,16H,3,8-10H2,1-2H3. The van der Waals surface area contributed by atoms with Gasteiger partial charge in [0.2, 0.25) is 0 Å². The summed E-state index contributed by atoms with van der Waals surface area (Å²) in [6, 6.07) is 8.05. The minimum Gasteiger partial charge on any atom is -0.494 e. The second-order valence-electron chi connectivity index (χ2n) is 4.38. The number of aromatic nitrogens is 2. The number of ether oxygens (including phenoxy) is 2. The van der Waals surface area contributed by atoms with Gasteiger partial charge in [-0.2, -0.15) is 5.10 Å². The van der Waals surface area contributed by atoms with E-state index in [0.717, 1.165) is 23.5 Å². The Bertz CT molecular complexity index is 525. The lowest BCUT2D eigenvalue weighted by Crippen LogP contribution is -2.04. The average Bonchev–Trinajstić information content (AvgIpc) is 2.92. The van der Waals surface area contributed by atoms with Crippen molar-refractivity contribution in [2.75, 3.05) is 25.6 Å². The van der Waals surface area contributed by atoms with Crippen molar-refractivity contribution in [3.05, 3.63) is 42.2 Å². The average molecular weight is 275 g/mol. The Morgan fingerprint density at radius 3 is 2.95 bits per heavy atom. The van der Waals surface area contributed by atoms with Crippen molar-refractivity contribution in [1.82, 2.24) is 9.78 Å². The molecule has 0 atom stereocenters. The third-order valence-electron chi connectivity index (χ3n) is 2.91. The van der Waals surface area contributed by atoms with Crippen molar-refractivity contribution in [3.63, 3.8) is 0 Å². The van der Waals surface area contributed by atoms with Gasteiger partial charge in [-0.3, -0.25) is 4.68 Å². The van der Waals surface area contributed by atoms with Crippen LogP contribution in [0, 0.1) is 0 Å². The Morgan fingerprint density at radius 1 is 1.30 bits per heavy atom. The summed E-state index contributed by atoms with van der Waals surface area (Å²) < 4.78 is 12.5. The summed E-state index contributed by atoms with van der Waals surface area (Å²) in [5.41, 5.74) is 2.13. The molecule has 0 amide bonds. The fraction of sp³-hybridized carbons (Fsp3) is 0.400. The molecule has 0 aliphatic carbocycles. The maximum Gasteiger partial charge on any atom is 0.124 e. The summed E-state index contributed by atoms with van der Waals surface area (Å²) >= 11 is 0. The molecule has 1 heterocycles. The van der Waals surface area contributed by atoms with Crippen LogP contribution >= 0.6 is 0 Å². The second-order valence-corrected chi connectivity index (χ2v) is 4.38. The summed E-state index contributed by atoms with van der Waals surface area (Å²) in [7, 11) is 1.69. The third kappa shape index (κ3) is 3.99. The molecule has 5 heteroatoms. The first kappa shape index (κ1) is 14.4. The van der Waals surface area contributed by atoms with Gasteiger partial charge in [0.1, 0.15) is 5.75 Å². The lowest BCUT2D eigenvalue weighted by atomic mass is 10.2. The zero-order chi connectivity index (χ0) is 14.2. The van der Waals surface area contributed by atoms with Gasteiger partial charge in [-0.05, 0) is 13.0 Å². The van der Waals surface area contributed by atoms with Gasteiger partial charge in [-0.25, -0.2) is 0 Å². The maximum atomic E-state index is 5.61. The van der Waals surface area contributed by atoms with E-state index in [4.69, 9.17) is 9.47 Å². The van der Waals surface area contributed by atoms with Crippen LogP contribution in [0.4, 0.5) is 5.69 Å². The molecule has 5 nitrogen and oxygen atoms in total. The zero-order valence-electron chi connectivity index (χ0n) is 12.0. The minimum absolute atomic E-state index is 0.661. The van der Waals surface area contributed by atoms with Crippen LogP contribution in [0.25, 0.3) is 0 Å². The van der Waals surface area contributed by atoms with E-state index in [0.29, 0.717) is 19.8 Å². The van der Waals surface area contributed by atoms with Crippen LogP contribution in [0.5, 0.6) is 5.75 Å². The zero-order valence-corrected chi connectivity index (χ0v) is 12.0. The molecule has 0 bridgehead atoms. The summed E-state index contributed by atoms with van der Waals surface area (Å²) in [6.45, 7) is 4.80. The number of nitrogens with one attached hydrogen (secondary N) is 1. The molecule has 20 heavy (non-hydrogen) atoms. The molecule has 0 saturated carbocycles. The molecule has 1 aromatic carbocycles. The summed E-state index contributed by atoms with van der Waals surface area (Å²) in [6.07, 6.45) is 3.79. The highest BCUT2D eigenvalue weighted by Crippen LogP contribution is 2.19. The first-order valence-corrected chi connectivity index (χ1v) is 6.79. The Labute approximate surface area is 119 Å². The van der Waals surface area contributed by atoms with Crippen LogP contribution in [-0.2, 0) is 17.8 Å². The van der Waals surface area contributed by atoms with Crippen LogP contribution in [0.3, 0.4) is 0 Å². The number of nitrogens with zero attached hydrogens (tertiary/aromatic N) is 2. The fourth-order valence-electron chi connectivity index (χ4n) is 1.91. The molecule has 0 unspecified atom stereocenters. The van der Waals surface area contributed by atoms with Crippen LogP contribution in [-0.4, -0.2) is 30.1 Å². The first-order valence-electron chi connectivity index (χ1n) is 6.79. The number of hydrogen-bond donors (Lipinski definition) is 1. The number of methoxy groups -OCH3 is 1. The molecule has 0 saturated heterocycles. The summed E-state index contributed by atoms with van der Waals surface area (Å²) in [5, 5.41) is 7.62. The van der Waals surface area contributed by atoms with Gasteiger partial charge >= 0.3 is 0 Å². The molecule has 108 valence electrons. The van der Waals surface area contributed by atoms with E-state index in [1.807, 2.05) is 42.2 Å². The molecule has 1 aromatic heterocycles. The Morgan fingerprint density at radius 2 is 2.15 bits per heavy atom. The molecule has 2 rings (SSSR count). The van der Waals surface area contributed by atoms with Crippen molar-refractivity contribution in [1.29, 1.82) is 0 Å². The van der Waals surface area contributed by atoms with E-state index in [2.05, 4.69) is 16.5 Å². The topological polar surface area (TPSA) is 48.3 Å². The predicted octanol–water partition coefficient (Wildman–Crippen LogP) is 2.54. The lowest BCUT2D eigenvalue weighted by molar-refractivity contribution is 0.183. The molecule has 0 fully saturated rings. The van der Waals surface area contributed by atoms with E-state index in [-0.39, 0.29) is 0 Å². The molecular formula is C15H21N3O2. The van der Waals surface area contributed by atoms with Crippen LogP contribution in [0.2, 0.25) is 0 Å². The summed E-state index contributed by atoms with van der Waals surface area (Å²) in [5.74, 6) is 0.925. The van der Waals surface area contributed by atoms with E-state index in [1.165, 1.54) is 0 Å². The largest absolute Gasteiger partial charge is 0.494 e. The number of hydrogen-bond acceptors (Lipinski definition) is 4. The monoisotopic (exact) mass is 275 g/mol. The van der Waals surface area contributed by atoms with E-state index >= 15 is 0 Å². The Balaban J connectivity index is 1.93. The molecule has 0 spiro atoms. The Hall–Kier alpha value is -2.01. The predicted molar refractivity (Wildman–Crippen MR) is 79.0 cm³/mol. The normalized spacial score (nSPS) is 10.5. The Kier molecular flexibility index (Phi) is 5.43. The number of benzene rings is 1. The molecule has 0 aliphatic heterocycles. The number of anilines is 1. The molecule has 0 aliphatic rings. The SMILES string of the molecule is CCOc1ccccc1CNc1cnn(CCOC)c1. The smallest absolute Gasteiger partial charge is 0.124 e. The molecule has 0 radical (unpaired) electrons. The third-order valence-corrected chi connectivity index (χ3v) is 2.91. The lowest BCUT2D eigenvalue weighted by Gasteiger charge is -2.10. The van der Waals surface area contributed by atoms with Crippen molar-refractivity contribution < 1.29 is 9.47 Å². The van der Waals surface area contributed by atoms with E-state index in [1.54, 1.807) is 7.11 Å². The first-order chi connectivity index (χ1) is 9.83. The van der Waals surface area contributed by atoms with Gasteiger partial charge in [-0.1, -0.05) is 18.2 Å². The van der Waals surface area contributed by atoms with Crippen LogP contribution in [0.1, 0.15) is 12.5 Å². The van der Waals surface area contributed by atoms with E-state index in [9.17, 15) is 0 Å². The highest BCUT2D eigenvalue weighted by Gasteiger charge is 2.03. The van der Waals surface area contributed by atoms with Gasteiger partial charge in [-0.15, -0.1) is 0 Å². The minimum atomic E-state index is 0.661. The highest BCUT2D eigenvalue weighted by molar-refractivity contribution is 5.42. The van der Waals surface area contributed by atoms with Crippen molar-refractivity contribution >= 4 is 5.69 Å². The van der Waals surface area contributed by atoms with Crippen molar-refractivity contribution in [3.8, 4) is 5.75 Å². The molecular weight excluding hydrogens is 254 g/mol. The summed E-state index contributed by atoms with van der Waals surface area (Å²) in [4.78, 5) is 0. The van der Waals surface area contributed by atoms with Crippen LogP contribution in [0.15, 0.2) is 36.7 Å². The van der Waals surface area contributed by atoms with Gasteiger partial charge in [0.15, 0.2) is 0 Å². The van der Waals surface area contributed by atoms with Gasteiger partial charge in [0.05, 0.1) is 31.6 Å². The number of para-hydroxylation sites is 1. The highest BCUT2D eigenvalue weighted by atomic mass is 16.5. The van der Waals surface area contributed by atoms with Gasteiger partial charge in [0, 0.05) is 25.4 Å². The van der Waals surface area contributed by atoms with Crippen LogP contribution < -0.4 is 10.1 Å². The van der Waals surface area contributed by atoms with Gasteiger partial charge in [0.25, 0.3) is 0 Å². The molecule has 2 aromatic rings. The second kappa shape index (κ2) is 7.55. The van der Waals surface area contributed by atoms with Gasteiger partial charge < -0.3 is 14.8 Å². The van der Waals surface area contributed by atoms with E-state index < -0.39 is 0 Å².